The highest BCUT2D eigenvalue weighted by Crippen LogP contribution is 2.42. The third-order valence-electron chi connectivity index (χ3n) is 7.87. The van der Waals surface area contributed by atoms with Gasteiger partial charge >= 0.3 is 0 Å². The van der Waals surface area contributed by atoms with Crippen molar-refractivity contribution < 1.29 is 4.42 Å². The molecule has 39 heavy (non-hydrogen) atoms. The van der Waals surface area contributed by atoms with Crippen molar-refractivity contribution in [2.24, 2.45) is 5.73 Å². The van der Waals surface area contributed by atoms with Crippen molar-refractivity contribution in [3.8, 4) is 11.1 Å². The minimum Gasteiger partial charge on any atom is -0.455 e. The average molecular weight is 507 g/mol. The van der Waals surface area contributed by atoms with Gasteiger partial charge in [0.2, 0.25) is 0 Å². The zero-order chi connectivity index (χ0) is 26.3. The molecular weight excluding hydrogens is 476 g/mol. The van der Waals surface area contributed by atoms with Crippen LogP contribution in [-0.2, 0) is 0 Å². The lowest BCUT2D eigenvalue weighted by Crippen LogP contribution is -2.20. The summed E-state index contributed by atoms with van der Waals surface area (Å²) in [5.41, 5.74) is 18.3. The van der Waals surface area contributed by atoms with Crippen LogP contribution in [0.1, 0.15) is 36.8 Å². The molecule has 190 valence electrons. The third kappa shape index (κ3) is 4.17. The van der Waals surface area contributed by atoms with E-state index >= 15 is 0 Å². The first-order chi connectivity index (χ1) is 19.2. The summed E-state index contributed by atoms with van der Waals surface area (Å²) in [5, 5.41) is 2.29. The molecule has 0 fully saturated rings. The van der Waals surface area contributed by atoms with E-state index in [0.29, 0.717) is 0 Å². The number of benzene rings is 4. The number of furan rings is 1. The summed E-state index contributed by atoms with van der Waals surface area (Å²) < 4.78 is 6.45. The molecule has 0 spiro atoms. The van der Waals surface area contributed by atoms with E-state index in [0.717, 1.165) is 75.8 Å². The second-order valence-electron chi connectivity index (χ2n) is 10.4. The molecule has 1 aromatic heterocycles. The minimum atomic E-state index is 0.859. The molecular formula is C36H30N2O. The van der Waals surface area contributed by atoms with Gasteiger partial charge in [0.05, 0.1) is 5.69 Å². The highest BCUT2D eigenvalue weighted by molar-refractivity contribution is 6.08. The molecule has 0 saturated heterocycles. The molecule has 5 aromatic rings. The Balaban J connectivity index is 1.46. The van der Waals surface area contributed by atoms with Crippen LogP contribution in [0.2, 0.25) is 0 Å². The zero-order valence-electron chi connectivity index (χ0n) is 21.9. The largest absolute Gasteiger partial charge is 0.455 e. The van der Waals surface area contributed by atoms with E-state index in [-0.39, 0.29) is 0 Å². The number of hydrogen-bond acceptors (Lipinski definition) is 3. The monoisotopic (exact) mass is 506 g/mol. The standard InChI is InChI=1S/C36H30N2O/c1-24-17-18-27(31-14-8-15-33-32-13-5-6-16-35(32)39-36(31)33)23-38(29-12-7-11-28(37)22-29)34-21-26(19-20-30(24)34)25-9-3-2-4-10-25/h2-6,8-10,12-16,19-23H,1,7,11,17-18,37H2/b27-23+. The Labute approximate surface area is 228 Å². The molecule has 0 bridgehead atoms. The Morgan fingerprint density at radius 2 is 1.56 bits per heavy atom. The van der Waals surface area contributed by atoms with E-state index in [1.165, 1.54) is 22.3 Å². The number of allylic oxidation sites excluding steroid dienone is 5. The van der Waals surface area contributed by atoms with Crippen LogP contribution >= 0.6 is 0 Å². The molecule has 0 atom stereocenters. The number of hydrogen-bond donors (Lipinski definition) is 1. The molecule has 0 saturated carbocycles. The lowest BCUT2D eigenvalue weighted by atomic mass is 9.90. The molecule has 2 heterocycles. The van der Waals surface area contributed by atoms with Gasteiger partial charge in [-0.1, -0.05) is 91.5 Å². The lowest BCUT2D eigenvalue weighted by Gasteiger charge is -2.31. The van der Waals surface area contributed by atoms with Gasteiger partial charge in [-0.25, -0.2) is 0 Å². The van der Waals surface area contributed by atoms with E-state index in [2.05, 4.69) is 109 Å². The van der Waals surface area contributed by atoms with Crippen LogP contribution in [-0.4, -0.2) is 0 Å². The van der Waals surface area contributed by atoms with Gasteiger partial charge in [0.1, 0.15) is 11.2 Å². The third-order valence-corrected chi connectivity index (χ3v) is 7.87. The van der Waals surface area contributed by atoms with E-state index in [1.807, 2.05) is 12.1 Å². The molecule has 0 radical (unpaired) electrons. The van der Waals surface area contributed by atoms with Gasteiger partial charge in [-0.3, -0.25) is 0 Å². The Bertz CT molecular complexity index is 1830. The maximum atomic E-state index is 6.45. The number of fused-ring (bicyclic) bond motifs is 4. The van der Waals surface area contributed by atoms with Crippen molar-refractivity contribution in [1.29, 1.82) is 0 Å². The number of rotatable bonds is 3. The van der Waals surface area contributed by atoms with Crippen LogP contribution in [0, 0.1) is 0 Å². The second-order valence-corrected chi connectivity index (χ2v) is 10.4. The first-order valence-corrected chi connectivity index (χ1v) is 13.6. The van der Waals surface area contributed by atoms with Gasteiger partial charge < -0.3 is 15.1 Å². The van der Waals surface area contributed by atoms with Crippen LogP contribution in [0.4, 0.5) is 5.69 Å². The summed E-state index contributed by atoms with van der Waals surface area (Å²) in [7, 11) is 0. The van der Waals surface area contributed by atoms with Gasteiger partial charge in [-0.05, 0) is 66.2 Å². The average Bonchev–Trinajstić information content (AvgIpc) is 3.36. The van der Waals surface area contributed by atoms with E-state index in [4.69, 9.17) is 10.2 Å². The molecule has 2 aliphatic rings. The Hall–Kier alpha value is -4.76. The molecule has 4 aromatic carbocycles. The van der Waals surface area contributed by atoms with Gasteiger partial charge in [-0.2, -0.15) is 0 Å². The smallest absolute Gasteiger partial charge is 0.142 e. The fourth-order valence-electron chi connectivity index (χ4n) is 5.84. The highest BCUT2D eigenvalue weighted by atomic mass is 16.3. The summed E-state index contributed by atoms with van der Waals surface area (Å²) in [6.07, 6.45) is 10.2. The van der Waals surface area contributed by atoms with Crippen molar-refractivity contribution in [3.63, 3.8) is 0 Å². The number of anilines is 1. The van der Waals surface area contributed by atoms with Crippen molar-refractivity contribution in [2.45, 2.75) is 25.7 Å². The molecule has 1 aliphatic carbocycles. The fraction of sp³-hybridized carbons (Fsp3) is 0.111. The fourth-order valence-corrected chi connectivity index (χ4v) is 5.84. The van der Waals surface area contributed by atoms with E-state index in [9.17, 15) is 0 Å². The summed E-state index contributed by atoms with van der Waals surface area (Å²) in [5.74, 6) is 0. The predicted octanol–water partition coefficient (Wildman–Crippen LogP) is 9.43. The Kier molecular flexibility index (Phi) is 5.70. The van der Waals surface area contributed by atoms with Gasteiger partial charge in [0.25, 0.3) is 0 Å². The zero-order valence-corrected chi connectivity index (χ0v) is 21.9. The van der Waals surface area contributed by atoms with Gasteiger partial charge in [0, 0.05) is 39.5 Å². The van der Waals surface area contributed by atoms with Crippen LogP contribution in [0.3, 0.4) is 0 Å². The van der Waals surface area contributed by atoms with Gasteiger partial charge in [0.15, 0.2) is 0 Å². The number of nitrogens with zero attached hydrogens (tertiary/aromatic N) is 1. The second kappa shape index (κ2) is 9.52. The molecule has 0 amide bonds. The van der Waals surface area contributed by atoms with Crippen LogP contribution < -0.4 is 10.6 Å². The summed E-state index contributed by atoms with van der Waals surface area (Å²) >= 11 is 0. The molecule has 2 N–H and O–H groups in total. The Morgan fingerprint density at radius 3 is 2.44 bits per heavy atom. The van der Waals surface area contributed by atoms with Crippen molar-refractivity contribution in [3.05, 3.63) is 138 Å². The maximum Gasteiger partial charge on any atom is 0.142 e. The van der Waals surface area contributed by atoms with E-state index < -0.39 is 0 Å². The molecule has 7 rings (SSSR count). The first-order valence-electron chi connectivity index (χ1n) is 13.6. The van der Waals surface area contributed by atoms with E-state index in [1.54, 1.807) is 0 Å². The van der Waals surface area contributed by atoms with Crippen LogP contribution in [0.25, 0.3) is 44.2 Å². The predicted molar refractivity (Wildman–Crippen MR) is 164 cm³/mol. The van der Waals surface area contributed by atoms with Crippen molar-refractivity contribution >= 4 is 38.8 Å². The highest BCUT2D eigenvalue weighted by Gasteiger charge is 2.23. The maximum absolute atomic E-state index is 6.45. The Morgan fingerprint density at radius 1 is 0.744 bits per heavy atom. The molecule has 3 heteroatoms. The van der Waals surface area contributed by atoms with Crippen molar-refractivity contribution in [1.82, 2.24) is 0 Å². The number of nitrogens with two attached hydrogens (primary N) is 1. The SMILES string of the molecule is C=C1CC/C(c2cccc3c2oc2ccccc23)=C\N(C2=CCCC(N)=C2)c2cc(-c3ccccc3)ccc21. The van der Waals surface area contributed by atoms with Crippen molar-refractivity contribution in [2.75, 3.05) is 4.90 Å². The number of para-hydroxylation sites is 2. The quantitative estimate of drug-likeness (QED) is 0.265. The summed E-state index contributed by atoms with van der Waals surface area (Å²) in [4.78, 5) is 2.31. The molecule has 3 nitrogen and oxygen atoms in total. The lowest BCUT2D eigenvalue weighted by molar-refractivity contribution is 0.667. The molecule has 0 unspecified atom stereocenters. The molecule has 1 aliphatic heterocycles. The minimum absolute atomic E-state index is 0.859. The van der Waals surface area contributed by atoms with Gasteiger partial charge in [-0.15, -0.1) is 0 Å². The normalized spacial score (nSPS) is 17.2. The summed E-state index contributed by atoms with van der Waals surface area (Å²) in [6, 6.07) is 32.0. The topological polar surface area (TPSA) is 42.4 Å². The van der Waals surface area contributed by atoms with Crippen LogP contribution in [0.5, 0.6) is 0 Å². The first kappa shape index (κ1) is 23.4. The summed E-state index contributed by atoms with van der Waals surface area (Å²) in [6.45, 7) is 4.54. The van der Waals surface area contributed by atoms with Crippen LogP contribution in [0.15, 0.2) is 132 Å².